The van der Waals surface area contributed by atoms with Gasteiger partial charge in [-0.15, -0.1) is 0 Å². The maximum absolute atomic E-state index is 5.57. The molecule has 0 amide bonds. The van der Waals surface area contributed by atoms with Gasteiger partial charge >= 0.3 is 0 Å². The predicted octanol–water partition coefficient (Wildman–Crippen LogP) is 3.17. The number of nitrogens with two attached hydrogens (primary N) is 1. The van der Waals surface area contributed by atoms with Crippen molar-refractivity contribution in [3.63, 3.8) is 0 Å². The quantitative estimate of drug-likeness (QED) is 0.564. The smallest absolute Gasteiger partial charge is 0.00518 e. The minimum absolute atomic E-state index is 0.483. The van der Waals surface area contributed by atoms with Crippen molar-refractivity contribution in [3.8, 4) is 0 Å². The van der Waals surface area contributed by atoms with Crippen LogP contribution in [-0.2, 0) is 0 Å². The third-order valence-electron chi connectivity index (χ3n) is 3.50. The lowest BCUT2D eigenvalue weighted by Gasteiger charge is -2.26. The van der Waals surface area contributed by atoms with Crippen LogP contribution in [0.3, 0.4) is 0 Å². The molecule has 0 saturated carbocycles. The Morgan fingerprint density at radius 2 is 1.81 bits per heavy atom. The molecule has 0 spiro atoms. The second kappa shape index (κ2) is 9.00. The zero-order valence-electron chi connectivity index (χ0n) is 11.8. The Morgan fingerprint density at radius 3 is 2.38 bits per heavy atom. The van der Waals surface area contributed by atoms with E-state index in [-0.39, 0.29) is 0 Å². The van der Waals surface area contributed by atoms with Crippen molar-refractivity contribution in [2.45, 2.75) is 59.3 Å². The highest BCUT2D eigenvalue weighted by Crippen LogP contribution is 2.30. The first kappa shape index (κ1) is 15.9. The molecule has 0 fully saturated rings. The van der Waals surface area contributed by atoms with E-state index in [1.807, 2.05) is 7.05 Å². The summed E-state index contributed by atoms with van der Waals surface area (Å²) in [5, 5.41) is 3.21. The zero-order chi connectivity index (χ0) is 12.4. The molecule has 2 nitrogen and oxygen atoms in total. The Balaban J connectivity index is 3.59. The fourth-order valence-electron chi connectivity index (χ4n) is 2.11. The van der Waals surface area contributed by atoms with E-state index >= 15 is 0 Å². The van der Waals surface area contributed by atoms with Gasteiger partial charge in [-0.1, -0.05) is 27.2 Å². The highest BCUT2D eigenvalue weighted by molar-refractivity contribution is 4.70. The molecule has 1 atom stereocenters. The van der Waals surface area contributed by atoms with Gasteiger partial charge in [0.1, 0.15) is 0 Å². The molecule has 98 valence electrons. The maximum Gasteiger partial charge on any atom is -0.00518 e. The van der Waals surface area contributed by atoms with E-state index in [1.54, 1.807) is 0 Å². The van der Waals surface area contributed by atoms with E-state index in [4.69, 9.17) is 5.73 Å². The maximum atomic E-state index is 5.57. The summed E-state index contributed by atoms with van der Waals surface area (Å²) in [6.07, 6.45) is 7.80. The molecule has 0 heterocycles. The molecule has 2 heteroatoms. The van der Waals surface area contributed by atoms with Gasteiger partial charge < -0.3 is 11.1 Å². The molecule has 3 N–H and O–H groups in total. The zero-order valence-corrected chi connectivity index (χ0v) is 11.8. The second-order valence-electron chi connectivity index (χ2n) is 5.95. The first-order valence-corrected chi connectivity index (χ1v) is 6.86. The van der Waals surface area contributed by atoms with Gasteiger partial charge in [0.15, 0.2) is 0 Å². The average molecular weight is 228 g/mol. The predicted molar refractivity (Wildman–Crippen MR) is 73.6 cm³/mol. The van der Waals surface area contributed by atoms with Crippen LogP contribution in [0.5, 0.6) is 0 Å². The minimum atomic E-state index is 0.483. The molecule has 0 aliphatic rings. The van der Waals surface area contributed by atoms with Crippen LogP contribution in [0, 0.1) is 11.3 Å². The van der Waals surface area contributed by atoms with Crippen LogP contribution in [0.2, 0.25) is 0 Å². The molecule has 1 unspecified atom stereocenters. The van der Waals surface area contributed by atoms with Crippen molar-refractivity contribution < 1.29 is 0 Å². The van der Waals surface area contributed by atoms with Crippen molar-refractivity contribution in [1.82, 2.24) is 5.32 Å². The van der Waals surface area contributed by atoms with Crippen LogP contribution in [0.1, 0.15) is 59.3 Å². The summed E-state index contributed by atoms with van der Waals surface area (Å²) in [6.45, 7) is 9.13. The van der Waals surface area contributed by atoms with E-state index in [0.717, 1.165) is 19.0 Å². The van der Waals surface area contributed by atoms with E-state index in [1.165, 1.54) is 38.5 Å². The van der Waals surface area contributed by atoms with E-state index in [9.17, 15) is 0 Å². The standard InChI is InChI=1S/C14H32N2/c1-13(7-5-12-16-4)8-10-14(2,3)9-6-11-15/h13,16H,5-12,15H2,1-4H3. The molecule has 0 aromatic rings. The Labute approximate surface area is 102 Å². The van der Waals surface area contributed by atoms with Gasteiger partial charge in [-0.05, 0) is 63.6 Å². The highest BCUT2D eigenvalue weighted by Gasteiger charge is 2.17. The second-order valence-corrected chi connectivity index (χ2v) is 5.95. The lowest BCUT2D eigenvalue weighted by molar-refractivity contribution is 0.267. The highest BCUT2D eigenvalue weighted by atomic mass is 14.8. The van der Waals surface area contributed by atoms with Crippen molar-refractivity contribution in [3.05, 3.63) is 0 Å². The lowest BCUT2D eigenvalue weighted by atomic mass is 9.80. The van der Waals surface area contributed by atoms with Crippen LogP contribution in [0.4, 0.5) is 0 Å². The van der Waals surface area contributed by atoms with Crippen LogP contribution in [-0.4, -0.2) is 20.1 Å². The van der Waals surface area contributed by atoms with Crippen LogP contribution in [0.25, 0.3) is 0 Å². The first-order valence-electron chi connectivity index (χ1n) is 6.86. The molecule has 0 bridgehead atoms. The Kier molecular flexibility index (Phi) is 8.96. The minimum Gasteiger partial charge on any atom is -0.330 e. The van der Waals surface area contributed by atoms with Gasteiger partial charge in [0, 0.05) is 0 Å². The summed E-state index contributed by atoms with van der Waals surface area (Å²) < 4.78 is 0. The number of hydrogen-bond acceptors (Lipinski definition) is 2. The summed E-state index contributed by atoms with van der Waals surface area (Å²) in [4.78, 5) is 0. The Morgan fingerprint density at radius 1 is 1.12 bits per heavy atom. The third kappa shape index (κ3) is 9.17. The van der Waals surface area contributed by atoms with Crippen molar-refractivity contribution >= 4 is 0 Å². The number of nitrogens with one attached hydrogen (secondary N) is 1. The monoisotopic (exact) mass is 228 g/mol. The van der Waals surface area contributed by atoms with Gasteiger partial charge in [0.25, 0.3) is 0 Å². The summed E-state index contributed by atoms with van der Waals surface area (Å²) >= 11 is 0. The van der Waals surface area contributed by atoms with Crippen LogP contribution < -0.4 is 11.1 Å². The van der Waals surface area contributed by atoms with Crippen LogP contribution >= 0.6 is 0 Å². The van der Waals surface area contributed by atoms with E-state index in [0.29, 0.717) is 5.41 Å². The third-order valence-corrected chi connectivity index (χ3v) is 3.50. The van der Waals surface area contributed by atoms with E-state index < -0.39 is 0 Å². The molecule has 16 heavy (non-hydrogen) atoms. The van der Waals surface area contributed by atoms with Gasteiger partial charge in [-0.3, -0.25) is 0 Å². The SMILES string of the molecule is CNCCCC(C)CCC(C)(C)CCCN. The lowest BCUT2D eigenvalue weighted by Crippen LogP contribution is -2.15. The fraction of sp³-hybridized carbons (Fsp3) is 1.00. The molecular weight excluding hydrogens is 196 g/mol. The molecular formula is C14H32N2. The normalized spacial score (nSPS) is 14.1. The number of rotatable bonds is 10. The molecule has 0 aliphatic carbocycles. The molecule has 0 saturated heterocycles. The van der Waals surface area contributed by atoms with Gasteiger partial charge in [0.2, 0.25) is 0 Å². The van der Waals surface area contributed by atoms with Crippen molar-refractivity contribution in [2.75, 3.05) is 20.1 Å². The molecule has 0 rings (SSSR count). The summed E-state index contributed by atoms with van der Waals surface area (Å²) in [7, 11) is 2.03. The van der Waals surface area contributed by atoms with Crippen molar-refractivity contribution in [2.24, 2.45) is 17.1 Å². The first-order chi connectivity index (χ1) is 7.52. The molecule has 0 aliphatic heterocycles. The fourth-order valence-corrected chi connectivity index (χ4v) is 2.11. The summed E-state index contributed by atoms with van der Waals surface area (Å²) in [5.41, 5.74) is 6.05. The van der Waals surface area contributed by atoms with Gasteiger partial charge in [0.05, 0.1) is 0 Å². The molecule has 0 aromatic heterocycles. The summed E-state index contributed by atoms with van der Waals surface area (Å²) in [5.74, 6) is 0.866. The Bertz CT molecular complexity index is 155. The molecule has 0 aromatic carbocycles. The summed E-state index contributed by atoms with van der Waals surface area (Å²) in [6, 6.07) is 0. The van der Waals surface area contributed by atoms with Gasteiger partial charge in [-0.25, -0.2) is 0 Å². The van der Waals surface area contributed by atoms with Crippen molar-refractivity contribution in [1.29, 1.82) is 0 Å². The average Bonchev–Trinajstić information content (AvgIpc) is 2.24. The Hall–Kier alpha value is -0.0800. The van der Waals surface area contributed by atoms with Gasteiger partial charge in [-0.2, -0.15) is 0 Å². The van der Waals surface area contributed by atoms with E-state index in [2.05, 4.69) is 26.1 Å². The van der Waals surface area contributed by atoms with Crippen LogP contribution in [0.15, 0.2) is 0 Å². The largest absolute Gasteiger partial charge is 0.330 e. The topological polar surface area (TPSA) is 38.0 Å². The number of hydrogen-bond donors (Lipinski definition) is 2. The molecule has 0 radical (unpaired) electrons.